The topological polar surface area (TPSA) is 82.7 Å². The average Bonchev–Trinajstić information content (AvgIpc) is 3.47. The molecule has 1 N–H and O–H groups in total. The predicted octanol–water partition coefficient (Wildman–Crippen LogP) is 3.66. The quantitative estimate of drug-likeness (QED) is 0.284. The number of nitrogens with one attached hydrogen (secondary N) is 1. The maximum absolute atomic E-state index is 5.63. The number of piperazine rings is 1. The van der Waals surface area contributed by atoms with Crippen LogP contribution in [0.3, 0.4) is 0 Å². The van der Waals surface area contributed by atoms with E-state index >= 15 is 0 Å². The van der Waals surface area contributed by atoms with Crippen molar-refractivity contribution in [2.75, 3.05) is 37.6 Å². The SMILES string of the molecule is CCNC(=NCc1coc(-c2ccccc2)n1)N1CCN(c2nc(CC)ns2)CC1.I. The lowest BCUT2D eigenvalue weighted by molar-refractivity contribution is 0.372. The molecule has 1 aromatic carbocycles. The summed E-state index contributed by atoms with van der Waals surface area (Å²) in [6.07, 6.45) is 2.57. The Bertz CT molecular complexity index is 967. The highest BCUT2D eigenvalue weighted by Gasteiger charge is 2.22. The van der Waals surface area contributed by atoms with Gasteiger partial charge in [0.1, 0.15) is 17.8 Å². The van der Waals surface area contributed by atoms with Crippen molar-refractivity contribution in [1.82, 2.24) is 24.6 Å². The summed E-state index contributed by atoms with van der Waals surface area (Å²) in [5.74, 6) is 2.46. The molecule has 1 aliphatic rings. The molecule has 4 rings (SSSR count). The van der Waals surface area contributed by atoms with Gasteiger partial charge < -0.3 is 19.5 Å². The smallest absolute Gasteiger partial charge is 0.226 e. The van der Waals surface area contributed by atoms with Crippen molar-refractivity contribution >= 4 is 46.6 Å². The molecule has 3 heterocycles. The lowest BCUT2D eigenvalue weighted by Crippen LogP contribution is -2.52. The van der Waals surface area contributed by atoms with E-state index < -0.39 is 0 Å². The molecule has 0 unspecified atom stereocenters. The van der Waals surface area contributed by atoms with E-state index in [4.69, 9.17) is 9.41 Å². The Kier molecular flexibility index (Phi) is 8.64. The van der Waals surface area contributed by atoms with Crippen LogP contribution in [0.15, 0.2) is 46.0 Å². The lowest BCUT2D eigenvalue weighted by atomic mass is 10.2. The summed E-state index contributed by atoms with van der Waals surface area (Å²) in [6.45, 7) is 9.07. The van der Waals surface area contributed by atoms with E-state index in [9.17, 15) is 0 Å². The van der Waals surface area contributed by atoms with Crippen LogP contribution in [0.5, 0.6) is 0 Å². The number of hydrogen-bond donors (Lipinski definition) is 1. The zero-order valence-corrected chi connectivity index (χ0v) is 21.0. The van der Waals surface area contributed by atoms with Crippen molar-refractivity contribution in [3.8, 4) is 11.5 Å². The molecule has 1 fully saturated rings. The molecule has 0 radical (unpaired) electrons. The highest BCUT2D eigenvalue weighted by Crippen LogP contribution is 2.20. The fourth-order valence-electron chi connectivity index (χ4n) is 3.30. The minimum absolute atomic E-state index is 0. The summed E-state index contributed by atoms with van der Waals surface area (Å²) in [6, 6.07) is 9.91. The number of rotatable bonds is 6. The van der Waals surface area contributed by atoms with Crippen molar-refractivity contribution in [1.29, 1.82) is 0 Å². The first-order valence-electron chi connectivity index (χ1n) is 10.4. The van der Waals surface area contributed by atoms with Crippen LogP contribution in [0.4, 0.5) is 5.13 Å². The molecular formula is C21H28IN7OS. The number of oxazole rings is 1. The van der Waals surface area contributed by atoms with Gasteiger partial charge in [-0.05, 0) is 19.1 Å². The monoisotopic (exact) mass is 553 g/mol. The molecular weight excluding hydrogens is 525 g/mol. The molecule has 0 spiro atoms. The number of aromatic nitrogens is 3. The molecule has 1 saturated heterocycles. The van der Waals surface area contributed by atoms with Crippen molar-refractivity contribution in [3.63, 3.8) is 0 Å². The number of halogens is 1. The molecule has 3 aromatic rings. The van der Waals surface area contributed by atoms with Crippen molar-refractivity contribution in [2.24, 2.45) is 4.99 Å². The largest absolute Gasteiger partial charge is 0.444 e. The Balaban J connectivity index is 0.00000272. The normalized spacial score (nSPS) is 14.5. The van der Waals surface area contributed by atoms with Gasteiger partial charge in [-0.3, -0.25) is 0 Å². The minimum Gasteiger partial charge on any atom is -0.444 e. The molecule has 2 aromatic heterocycles. The Hall–Kier alpha value is -2.21. The van der Waals surface area contributed by atoms with Crippen LogP contribution in [0, 0.1) is 0 Å². The van der Waals surface area contributed by atoms with Gasteiger partial charge in [0.05, 0.1) is 6.54 Å². The molecule has 1 aliphatic heterocycles. The Morgan fingerprint density at radius 1 is 1.13 bits per heavy atom. The van der Waals surface area contributed by atoms with E-state index in [0.29, 0.717) is 12.4 Å². The Morgan fingerprint density at radius 2 is 1.90 bits per heavy atom. The highest BCUT2D eigenvalue weighted by atomic mass is 127. The fourth-order valence-corrected chi connectivity index (χ4v) is 4.10. The third-order valence-electron chi connectivity index (χ3n) is 4.92. The fraction of sp³-hybridized carbons (Fsp3) is 0.429. The summed E-state index contributed by atoms with van der Waals surface area (Å²) in [4.78, 5) is 18.6. The molecule has 0 atom stereocenters. The molecule has 0 aliphatic carbocycles. The van der Waals surface area contributed by atoms with Crippen molar-refractivity contribution in [2.45, 2.75) is 26.8 Å². The molecule has 0 amide bonds. The Morgan fingerprint density at radius 3 is 2.58 bits per heavy atom. The van der Waals surface area contributed by atoms with Crippen LogP contribution in [0.2, 0.25) is 0 Å². The first kappa shape index (κ1) is 23.5. The van der Waals surface area contributed by atoms with E-state index in [2.05, 4.69) is 43.3 Å². The number of anilines is 1. The molecule has 0 saturated carbocycles. The number of guanidine groups is 1. The summed E-state index contributed by atoms with van der Waals surface area (Å²) in [5, 5.41) is 4.42. The zero-order chi connectivity index (χ0) is 20.8. The van der Waals surface area contributed by atoms with Gasteiger partial charge in [-0.15, -0.1) is 24.0 Å². The molecule has 31 heavy (non-hydrogen) atoms. The number of benzene rings is 1. The van der Waals surface area contributed by atoms with Gasteiger partial charge in [0.25, 0.3) is 0 Å². The summed E-state index contributed by atoms with van der Waals surface area (Å²) in [5.41, 5.74) is 1.79. The first-order chi connectivity index (χ1) is 14.8. The first-order valence-corrected chi connectivity index (χ1v) is 11.1. The summed E-state index contributed by atoms with van der Waals surface area (Å²) in [7, 11) is 0. The van der Waals surface area contributed by atoms with E-state index in [1.54, 1.807) is 6.26 Å². The van der Waals surface area contributed by atoms with E-state index in [-0.39, 0.29) is 24.0 Å². The number of aryl methyl sites for hydroxylation is 1. The third-order valence-corrected chi connectivity index (χ3v) is 5.74. The van der Waals surface area contributed by atoms with Gasteiger partial charge in [-0.2, -0.15) is 4.37 Å². The van der Waals surface area contributed by atoms with Crippen LogP contribution in [-0.2, 0) is 13.0 Å². The molecule has 166 valence electrons. The van der Waals surface area contributed by atoms with E-state index in [1.807, 2.05) is 30.3 Å². The highest BCUT2D eigenvalue weighted by molar-refractivity contribution is 14.0. The maximum Gasteiger partial charge on any atom is 0.226 e. The van der Waals surface area contributed by atoms with Gasteiger partial charge in [0.2, 0.25) is 11.0 Å². The number of nitrogens with zero attached hydrogens (tertiary/aromatic N) is 6. The lowest BCUT2D eigenvalue weighted by Gasteiger charge is -2.36. The predicted molar refractivity (Wildman–Crippen MR) is 135 cm³/mol. The van der Waals surface area contributed by atoms with Gasteiger partial charge in [-0.1, -0.05) is 25.1 Å². The van der Waals surface area contributed by atoms with Crippen LogP contribution < -0.4 is 10.2 Å². The van der Waals surface area contributed by atoms with E-state index in [1.165, 1.54) is 11.5 Å². The third kappa shape index (κ3) is 5.94. The van der Waals surface area contributed by atoms with Gasteiger partial charge in [-0.25, -0.2) is 15.0 Å². The second-order valence-electron chi connectivity index (χ2n) is 7.00. The second-order valence-corrected chi connectivity index (χ2v) is 7.73. The summed E-state index contributed by atoms with van der Waals surface area (Å²) < 4.78 is 10.0. The molecule has 8 nitrogen and oxygen atoms in total. The maximum atomic E-state index is 5.63. The van der Waals surface area contributed by atoms with Gasteiger partial charge >= 0.3 is 0 Å². The van der Waals surface area contributed by atoms with Crippen LogP contribution in [0.25, 0.3) is 11.5 Å². The minimum atomic E-state index is 0. The average molecular weight is 553 g/mol. The van der Waals surface area contributed by atoms with Crippen molar-refractivity contribution in [3.05, 3.63) is 48.1 Å². The molecule has 0 bridgehead atoms. The van der Waals surface area contributed by atoms with Crippen LogP contribution >= 0.6 is 35.5 Å². The molecule has 10 heteroatoms. The van der Waals surface area contributed by atoms with Crippen LogP contribution in [0.1, 0.15) is 25.4 Å². The van der Waals surface area contributed by atoms with Gasteiger partial charge in [0.15, 0.2) is 5.96 Å². The standard InChI is InChI=1S/C21H27N7OS.HI/c1-3-18-25-21(30-26-18)28-12-10-27(11-13-28)20(22-4-2)23-14-17-15-29-19(24-17)16-8-6-5-7-9-16;/h5-9,15H,3-4,10-14H2,1-2H3,(H,22,23);1H. The van der Waals surface area contributed by atoms with Gasteiger partial charge in [0, 0.05) is 56.2 Å². The number of hydrogen-bond acceptors (Lipinski definition) is 7. The summed E-state index contributed by atoms with van der Waals surface area (Å²) >= 11 is 1.49. The van der Waals surface area contributed by atoms with Crippen molar-refractivity contribution < 1.29 is 4.42 Å². The second kappa shape index (κ2) is 11.4. The van der Waals surface area contributed by atoms with Crippen LogP contribution in [-0.4, -0.2) is 57.9 Å². The number of aliphatic imine (C=N–C) groups is 1. The Labute approximate surface area is 204 Å². The van der Waals surface area contributed by atoms with E-state index in [0.717, 1.165) is 67.3 Å². The zero-order valence-electron chi connectivity index (χ0n) is 17.8.